The van der Waals surface area contributed by atoms with Crippen LogP contribution < -0.4 is 10.4 Å². The highest BCUT2D eigenvalue weighted by atomic mass is 32.2. The summed E-state index contributed by atoms with van der Waals surface area (Å²) in [6.07, 6.45) is 2.03. The molecule has 1 aromatic heterocycles. The molecule has 0 aliphatic rings. The van der Waals surface area contributed by atoms with E-state index in [9.17, 15) is 4.79 Å². The summed E-state index contributed by atoms with van der Waals surface area (Å²) >= 11 is 1.55. The van der Waals surface area contributed by atoms with E-state index >= 15 is 0 Å². The summed E-state index contributed by atoms with van der Waals surface area (Å²) in [5.41, 5.74) is 0.978. The summed E-state index contributed by atoms with van der Waals surface area (Å²) < 4.78 is 7.32. The van der Waals surface area contributed by atoms with Crippen molar-refractivity contribution in [3.63, 3.8) is 0 Å². The molecule has 0 aliphatic heterocycles. The topological polar surface area (TPSA) is 59.9 Å². The summed E-state index contributed by atoms with van der Waals surface area (Å²) in [4.78, 5) is 11.7. The SMILES string of the molecule is CCCCn1c(SCc2ccccc2OCC)n[nH]c1=O. The Hall–Kier alpha value is -1.69. The molecule has 0 atom stereocenters. The lowest BCUT2D eigenvalue weighted by Gasteiger charge is -2.09. The van der Waals surface area contributed by atoms with Crippen LogP contribution in [0, 0.1) is 0 Å². The largest absolute Gasteiger partial charge is 0.494 e. The van der Waals surface area contributed by atoms with Crippen LogP contribution in [0.2, 0.25) is 0 Å². The first kappa shape index (κ1) is 15.7. The maximum Gasteiger partial charge on any atom is 0.343 e. The first-order valence-corrected chi connectivity index (χ1v) is 8.23. The Bertz CT molecular complexity index is 621. The fourth-order valence-corrected chi connectivity index (χ4v) is 2.95. The van der Waals surface area contributed by atoms with E-state index in [1.54, 1.807) is 16.3 Å². The lowest BCUT2D eigenvalue weighted by atomic mass is 10.2. The van der Waals surface area contributed by atoms with Crippen LogP contribution in [0.15, 0.2) is 34.2 Å². The fraction of sp³-hybridized carbons (Fsp3) is 0.467. The van der Waals surface area contributed by atoms with Gasteiger partial charge in [0.05, 0.1) is 6.61 Å². The van der Waals surface area contributed by atoms with Gasteiger partial charge in [-0.25, -0.2) is 9.89 Å². The van der Waals surface area contributed by atoms with E-state index in [2.05, 4.69) is 17.1 Å². The molecule has 21 heavy (non-hydrogen) atoms. The van der Waals surface area contributed by atoms with Crippen LogP contribution in [0.1, 0.15) is 32.3 Å². The van der Waals surface area contributed by atoms with Crippen molar-refractivity contribution in [2.75, 3.05) is 6.61 Å². The van der Waals surface area contributed by atoms with Gasteiger partial charge in [0, 0.05) is 17.9 Å². The second kappa shape index (κ2) is 7.93. The third-order valence-electron chi connectivity index (χ3n) is 3.09. The standard InChI is InChI=1S/C15H21N3O2S/c1-3-5-10-18-14(19)16-17-15(18)21-11-12-8-6-7-9-13(12)20-4-2/h6-9H,3-5,10-11H2,1-2H3,(H,16,19). The van der Waals surface area contributed by atoms with Gasteiger partial charge in [-0.1, -0.05) is 43.3 Å². The van der Waals surface area contributed by atoms with E-state index in [0.717, 1.165) is 35.1 Å². The van der Waals surface area contributed by atoms with Crippen LogP contribution in [0.3, 0.4) is 0 Å². The predicted molar refractivity (Wildman–Crippen MR) is 84.9 cm³/mol. The Morgan fingerprint density at radius 3 is 2.90 bits per heavy atom. The zero-order chi connectivity index (χ0) is 15.1. The van der Waals surface area contributed by atoms with Crippen LogP contribution in [0.25, 0.3) is 0 Å². The minimum absolute atomic E-state index is 0.135. The van der Waals surface area contributed by atoms with Gasteiger partial charge in [-0.2, -0.15) is 0 Å². The van der Waals surface area contributed by atoms with Gasteiger partial charge in [0.15, 0.2) is 5.16 Å². The second-order valence-corrected chi connectivity index (χ2v) is 5.59. The molecule has 6 heteroatoms. The molecule has 0 aliphatic carbocycles. The number of hydrogen-bond donors (Lipinski definition) is 1. The highest BCUT2D eigenvalue weighted by molar-refractivity contribution is 7.98. The number of aromatic amines is 1. The Kier molecular flexibility index (Phi) is 5.92. The molecule has 2 rings (SSSR count). The number of benzene rings is 1. The molecule has 1 aromatic carbocycles. The molecule has 0 saturated carbocycles. The molecular formula is C15H21N3O2S. The number of hydrogen-bond acceptors (Lipinski definition) is 4. The number of para-hydroxylation sites is 1. The van der Waals surface area contributed by atoms with Crippen LogP contribution in [-0.2, 0) is 12.3 Å². The van der Waals surface area contributed by atoms with Crippen molar-refractivity contribution in [1.29, 1.82) is 0 Å². The van der Waals surface area contributed by atoms with Crippen molar-refractivity contribution in [3.8, 4) is 5.75 Å². The highest BCUT2D eigenvalue weighted by Crippen LogP contribution is 2.26. The van der Waals surface area contributed by atoms with E-state index < -0.39 is 0 Å². The normalized spacial score (nSPS) is 10.8. The minimum atomic E-state index is -0.135. The number of thioether (sulfide) groups is 1. The Balaban J connectivity index is 2.08. The van der Waals surface area contributed by atoms with Crippen molar-refractivity contribution in [1.82, 2.24) is 14.8 Å². The summed E-state index contributed by atoms with van der Waals surface area (Å²) in [5, 5.41) is 7.37. The molecule has 0 radical (unpaired) electrons. The molecule has 1 heterocycles. The zero-order valence-electron chi connectivity index (χ0n) is 12.5. The van der Waals surface area contributed by atoms with E-state index in [1.807, 2.05) is 31.2 Å². The van der Waals surface area contributed by atoms with Crippen LogP contribution in [0.4, 0.5) is 0 Å². The maximum absolute atomic E-state index is 11.7. The molecule has 2 aromatic rings. The van der Waals surface area contributed by atoms with E-state index in [0.29, 0.717) is 13.2 Å². The molecule has 5 nitrogen and oxygen atoms in total. The van der Waals surface area contributed by atoms with Gasteiger partial charge >= 0.3 is 5.69 Å². The van der Waals surface area contributed by atoms with Crippen LogP contribution in [-0.4, -0.2) is 21.4 Å². The highest BCUT2D eigenvalue weighted by Gasteiger charge is 2.10. The van der Waals surface area contributed by atoms with Gasteiger partial charge in [0.1, 0.15) is 5.75 Å². The number of rotatable bonds is 8. The smallest absolute Gasteiger partial charge is 0.343 e. The third kappa shape index (κ3) is 4.14. The average Bonchev–Trinajstić information content (AvgIpc) is 2.85. The molecule has 0 saturated heterocycles. The lowest BCUT2D eigenvalue weighted by Crippen LogP contribution is -2.17. The maximum atomic E-state index is 11.7. The number of aromatic nitrogens is 3. The van der Waals surface area contributed by atoms with Gasteiger partial charge in [0.2, 0.25) is 0 Å². The molecule has 0 bridgehead atoms. The van der Waals surface area contributed by atoms with Gasteiger partial charge in [-0.05, 0) is 19.4 Å². The Morgan fingerprint density at radius 2 is 2.14 bits per heavy atom. The first-order valence-electron chi connectivity index (χ1n) is 7.25. The molecular weight excluding hydrogens is 286 g/mol. The number of unbranched alkanes of at least 4 members (excludes halogenated alkanes) is 1. The fourth-order valence-electron chi connectivity index (χ4n) is 1.99. The third-order valence-corrected chi connectivity index (χ3v) is 4.11. The van der Waals surface area contributed by atoms with E-state index in [4.69, 9.17) is 4.74 Å². The van der Waals surface area contributed by atoms with Crippen LogP contribution in [0.5, 0.6) is 5.75 Å². The minimum Gasteiger partial charge on any atom is -0.494 e. The van der Waals surface area contributed by atoms with E-state index in [-0.39, 0.29) is 5.69 Å². The van der Waals surface area contributed by atoms with Crippen molar-refractivity contribution in [2.45, 2.75) is 44.1 Å². The molecule has 0 fully saturated rings. The van der Waals surface area contributed by atoms with E-state index in [1.165, 1.54) is 0 Å². The summed E-state index contributed by atoms with van der Waals surface area (Å²) in [6.45, 7) is 5.43. The quantitative estimate of drug-likeness (QED) is 0.761. The molecule has 0 unspecified atom stereocenters. The van der Waals surface area contributed by atoms with Crippen molar-refractivity contribution in [3.05, 3.63) is 40.3 Å². The van der Waals surface area contributed by atoms with Crippen molar-refractivity contribution >= 4 is 11.8 Å². The second-order valence-electron chi connectivity index (χ2n) is 4.65. The summed E-state index contributed by atoms with van der Waals surface area (Å²) in [7, 11) is 0. The Morgan fingerprint density at radius 1 is 1.33 bits per heavy atom. The number of nitrogens with zero attached hydrogens (tertiary/aromatic N) is 2. The number of ether oxygens (including phenoxy) is 1. The molecule has 0 amide bonds. The van der Waals surface area contributed by atoms with Crippen molar-refractivity contribution in [2.24, 2.45) is 0 Å². The average molecular weight is 307 g/mol. The predicted octanol–water partition coefficient (Wildman–Crippen LogP) is 3.06. The summed E-state index contributed by atoms with van der Waals surface area (Å²) in [5.74, 6) is 1.62. The first-order chi connectivity index (χ1) is 10.3. The van der Waals surface area contributed by atoms with Gasteiger partial charge < -0.3 is 4.74 Å². The lowest BCUT2D eigenvalue weighted by molar-refractivity contribution is 0.337. The zero-order valence-corrected chi connectivity index (χ0v) is 13.3. The number of H-pyrrole nitrogens is 1. The molecule has 114 valence electrons. The van der Waals surface area contributed by atoms with Gasteiger partial charge in [-0.3, -0.25) is 4.57 Å². The van der Waals surface area contributed by atoms with Crippen LogP contribution >= 0.6 is 11.8 Å². The number of nitrogens with one attached hydrogen (secondary N) is 1. The van der Waals surface area contributed by atoms with Gasteiger partial charge in [-0.15, -0.1) is 5.10 Å². The monoisotopic (exact) mass is 307 g/mol. The van der Waals surface area contributed by atoms with Gasteiger partial charge in [0.25, 0.3) is 0 Å². The summed E-state index contributed by atoms with van der Waals surface area (Å²) in [6, 6.07) is 7.96. The Labute approximate surface area is 128 Å². The molecule has 0 spiro atoms. The molecule has 1 N–H and O–H groups in total. The van der Waals surface area contributed by atoms with Crippen molar-refractivity contribution < 1.29 is 4.74 Å².